The Kier molecular flexibility index (Phi) is 5.16. The molecule has 1 aliphatic heterocycles. The van der Waals surface area contributed by atoms with Crippen molar-refractivity contribution in [3.63, 3.8) is 0 Å². The number of rotatable bonds is 3. The van der Waals surface area contributed by atoms with E-state index in [0.29, 0.717) is 46.6 Å². The monoisotopic (exact) mass is 464 g/mol. The van der Waals surface area contributed by atoms with Crippen LogP contribution in [0.25, 0.3) is 32.9 Å². The van der Waals surface area contributed by atoms with Gasteiger partial charge in [-0.2, -0.15) is 0 Å². The van der Waals surface area contributed by atoms with Gasteiger partial charge in [0.25, 0.3) is 11.8 Å². The summed E-state index contributed by atoms with van der Waals surface area (Å²) in [5, 5.41) is 4.68. The zero-order chi connectivity index (χ0) is 24.3. The highest BCUT2D eigenvalue weighted by Gasteiger charge is 2.28. The molecular formula is C25H25FN4O4. The number of carbonyl (C=O) groups is 2. The van der Waals surface area contributed by atoms with Crippen molar-refractivity contribution in [2.24, 2.45) is 5.73 Å². The number of aromatic nitrogens is 2. The lowest BCUT2D eigenvalue weighted by Gasteiger charge is -2.35. The standard InChI is InChI=1S/C25H25FN4O4/c1-11-9-30(10-12(2)33-11)25(32)15-5-6-16-19(7-15)28-23-18(24(27)31)8-17(22(26)21(16)23)20-13(3)29-34-14(20)4/h5-8,11-12,28H,9-10H2,1-4H3,(H2,27,31). The maximum absolute atomic E-state index is 15.9. The maximum Gasteiger partial charge on any atom is 0.254 e. The average Bonchev–Trinajstić information content (AvgIpc) is 3.32. The lowest BCUT2D eigenvalue weighted by Crippen LogP contribution is -2.48. The van der Waals surface area contributed by atoms with Crippen LogP contribution in [0, 0.1) is 19.7 Å². The van der Waals surface area contributed by atoms with E-state index in [4.69, 9.17) is 15.0 Å². The number of aryl methyl sites for hydroxylation is 2. The molecule has 8 nitrogen and oxygen atoms in total. The first-order chi connectivity index (χ1) is 16.2. The molecule has 0 aliphatic carbocycles. The van der Waals surface area contributed by atoms with Crippen LogP contribution in [0.15, 0.2) is 28.8 Å². The van der Waals surface area contributed by atoms with Gasteiger partial charge in [0, 0.05) is 40.5 Å². The van der Waals surface area contributed by atoms with Crippen molar-refractivity contribution in [2.75, 3.05) is 13.1 Å². The average molecular weight is 464 g/mol. The van der Waals surface area contributed by atoms with Crippen molar-refractivity contribution >= 4 is 33.6 Å². The normalized spacial score (nSPS) is 18.7. The predicted molar refractivity (Wildman–Crippen MR) is 125 cm³/mol. The molecule has 2 atom stereocenters. The Morgan fingerprint density at radius 2 is 1.88 bits per heavy atom. The third-order valence-corrected chi connectivity index (χ3v) is 6.33. The molecule has 1 saturated heterocycles. The van der Waals surface area contributed by atoms with Gasteiger partial charge in [-0.25, -0.2) is 4.39 Å². The number of nitrogens with two attached hydrogens (primary N) is 1. The van der Waals surface area contributed by atoms with Crippen LogP contribution < -0.4 is 5.73 Å². The zero-order valence-corrected chi connectivity index (χ0v) is 19.4. The second-order valence-electron chi connectivity index (χ2n) is 8.95. The van der Waals surface area contributed by atoms with E-state index in [1.54, 1.807) is 36.9 Å². The molecule has 176 valence electrons. The first-order valence-electron chi connectivity index (χ1n) is 11.1. The van der Waals surface area contributed by atoms with E-state index in [0.717, 1.165) is 0 Å². The number of aromatic amines is 1. The number of morpholine rings is 1. The van der Waals surface area contributed by atoms with Gasteiger partial charge in [0.05, 0.1) is 34.5 Å². The molecule has 4 aromatic rings. The molecule has 2 unspecified atom stereocenters. The summed E-state index contributed by atoms with van der Waals surface area (Å²) in [6, 6.07) is 6.47. The van der Waals surface area contributed by atoms with Gasteiger partial charge >= 0.3 is 0 Å². The summed E-state index contributed by atoms with van der Waals surface area (Å²) in [6.45, 7) is 8.25. The van der Waals surface area contributed by atoms with E-state index in [1.807, 2.05) is 13.8 Å². The number of halogens is 1. The maximum atomic E-state index is 15.9. The summed E-state index contributed by atoms with van der Waals surface area (Å²) in [4.78, 5) is 30.3. The van der Waals surface area contributed by atoms with E-state index >= 15 is 4.39 Å². The van der Waals surface area contributed by atoms with Crippen molar-refractivity contribution in [2.45, 2.75) is 39.9 Å². The topological polar surface area (TPSA) is 114 Å². The molecule has 2 amide bonds. The first kappa shape index (κ1) is 22.1. The second-order valence-corrected chi connectivity index (χ2v) is 8.95. The van der Waals surface area contributed by atoms with E-state index in [1.165, 1.54) is 6.07 Å². The minimum Gasteiger partial charge on any atom is -0.372 e. The quantitative estimate of drug-likeness (QED) is 0.474. The Hall–Kier alpha value is -3.72. The molecule has 0 radical (unpaired) electrons. The van der Waals surface area contributed by atoms with Crippen LogP contribution in [-0.2, 0) is 4.74 Å². The Bertz CT molecular complexity index is 1440. The number of ether oxygens (including phenoxy) is 1. The van der Waals surface area contributed by atoms with Crippen molar-refractivity contribution in [1.29, 1.82) is 0 Å². The van der Waals surface area contributed by atoms with Gasteiger partial charge < -0.3 is 24.9 Å². The summed E-state index contributed by atoms with van der Waals surface area (Å²) in [5.74, 6) is -0.907. The molecule has 2 aromatic heterocycles. The van der Waals surface area contributed by atoms with Gasteiger partial charge in [-0.05, 0) is 45.9 Å². The first-order valence-corrected chi connectivity index (χ1v) is 11.1. The highest BCUT2D eigenvalue weighted by Crippen LogP contribution is 2.38. The summed E-state index contributed by atoms with van der Waals surface area (Å²) in [6.07, 6.45) is -0.112. The third kappa shape index (κ3) is 3.43. The van der Waals surface area contributed by atoms with Gasteiger partial charge in [0.15, 0.2) is 0 Å². The van der Waals surface area contributed by atoms with Crippen LogP contribution >= 0.6 is 0 Å². The number of H-pyrrole nitrogens is 1. The highest BCUT2D eigenvalue weighted by atomic mass is 19.1. The Balaban J connectivity index is 1.68. The van der Waals surface area contributed by atoms with Crippen LogP contribution in [-0.4, -0.2) is 52.2 Å². The summed E-state index contributed by atoms with van der Waals surface area (Å²) >= 11 is 0. The van der Waals surface area contributed by atoms with Crippen molar-refractivity contribution in [3.8, 4) is 11.1 Å². The molecule has 0 spiro atoms. The van der Waals surface area contributed by atoms with Crippen LogP contribution in [0.4, 0.5) is 4.39 Å². The van der Waals surface area contributed by atoms with E-state index in [9.17, 15) is 9.59 Å². The van der Waals surface area contributed by atoms with Crippen molar-refractivity contribution in [3.05, 3.63) is 52.7 Å². The SMILES string of the molecule is Cc1noc(C)c1-c1cc(C(N)=O)c2[nH]c3cc(C(=O)N4CC(C)OC(C)C4)ccc3c2c1F. The Labute approximate surface area is 194 Å². The molecule has 0 saturated carbocycles. The minimum atomic E-state index is -0.697. The molecular weight excluding hydrogens is 439 g/mol. The molecule has 34 heavy (non-hydrogen) atoms. The van der Waals surface area contributed by atoms with E-state index in [2.05, 4.69) is 10.1 Å². The van der Waals surface area contributed by atoms with Gasteiger partial charge in [0.1, 0.15) is 11.6 Å². The van der Waals surface area contributed by atoms with Crippen LogP contribution in [0.1, 0.15) is 46.0 Å². The summed E-state index contributed by atoms with van der Waals surface area (Å²) in [5.41, 5.74) is 8.27. The molecule has 1 fully saturated rings. The fourth-order valence-corrected chi connectivity index (χ4v) is 4.95. The molecule has 2 aromatic carbocycles. The minimum absolute atomic E-state index is 0.0560. The largest absolute Gasteiger partial charge is 0.372 e. The third-order valence-electron chi connectivity index (χ3n) is 6.33. The predicted octanol–water partition coefficient (Wildman–Crippen LogP) is 4.08. The lowest BCUT2D eigenvalue weighted by molar-refractivity contribution is -0.0586. The van der Waals surface area contributed by atoms with E-state index in [-0.39, 0.29) is 40.1 Å². The van der Waals surface area contributed by atoms with Gasteiger partial charge in [-0.15, -0.1) is 0 Å². The lowest BCUT2D eigenvalue weighted by atomic mass is 9.96. The number of hydrogen-bond donors (Lipinski definition) is 2. The molecule has 0 bridgehead atoms. The molecule has 3 heterocycles. The van der Waals surface area contributed by atoms with Crippen LogP contribution in [0.2, 0.25) is 0 Å². The number of nitrogens with zero attached hydrogens (tertiary/aromatic N) is 2. The summed E-state index contributed by atoms with van der Waals surface area (Å²) in [7, 11) is 0. The number of primary amides is 1. The van der Waals surface area contributed by atoms with Gasteiger partial charge in [-0.1, -0.05) is 11.2 Å². The number of hydrogen-bond acceptors (Lipinski definition) is 5. The number of fused-ring (bicyclic) bond motifs is 3. The number of amides is 2. The van der Waals surface area contributed by atoms with Gasteiger partial charge in [0.2, 0.25) is 0 Å². The number of nitrogens with one attached hydrogen (secondary N) is 1. The van der Waals surface area contributed by atoms with Crippen molar-refractivity contribution in [1.82, 2.24) is 15.0 Å². The zero-order valence-electron chi connectivity index (χ0n) is 19.4. The fourth-order valence-electron chi connectivity index (χ4n) is 4.95. The number of carbonyl (C=O) groups excluding carboxylic acids is 2. The molecule has 5 rings (SSSR count). The summed E-state index contributed by atoms with van der Waals surface area (Å²) < 4.78 is 26.8. The van der Waals surface area contributed by atoms with Crippen LogP contribution in [0.5, 0.6) is 0 Å². The Morgan fingerprint density at radius 1 is 1.18 bits per heavy atom. The second kappa shape index (κ2) is 7.95. The molecule has 1 aliphatic rings. The van der Waals surface area contributed by atoms with Gasteiger partial charge in [-0.3, -0.25) is 9.59 Å². The van der Waals surface area contributed by atoms with E-state index < -0.39 is 11.7 Å². The smallest absolute Gasteiger partial charge is 0.254 e. The Morgan fingerprint density at radius 3 is 2.50 bits per heavy atom. The van der Waals surface area contributed by atoms with Crippen LogP contribution in [0.3, 0.4) is 0 Å². The highest BCUT2D eigenvalue weighted by molar-refractivity contribution is 6.17. The fraction of sp³-hybridized carbons (Fsp3) is 0.320. The number of benzene rings is 2. The molecule has 9 heteroatoms. The molecule has 3 N–H and O–H groups in total. The van der Waals surface area contributed by atoms with Crippen molar-refractivity contribution < 1.29 is 23.2 Å².